The molecule has 0 spiro atoms. The second kappa shape index (κ2) is 18.6. The molecule has 0 aliphatic rings. The summed E-state index contributed by atoms with van der Waals surface area (Å²) in [6.45, 7) is 18.5. The van der Waals surface area contributed by atoms with E-state index < -0.39 is 17.6 Å². The summed E-state index contributed by atoms with van der Waals surface area (Å²) in [4.78, 5) is 2.50. The van der Waals surface area contributed by atoms with Crippen molar-refractivity contribution in [2.24, 2.45) is 0 Å². The maximum atomic E-state index is 6.05. The van der Waals surface area contributed by atoms with Crippen molar-refractivity contribution < 1.29 is 26.6 Å². The van der Waals surface area contributed by atoms with Gasteiger partial charge in [0.1, 0.15) is 0 Å². The first-order chi connectivity index (χ1) is 16.5. The molecule has 0 bridgehead atoms. The SMILES string of the molecule is CCO[Si](CCCN(CCC[Si](OCC)(OCC)OCC)Cc1ccccc1)(OCC)OCC. The highest BCUT2D eigenvalue weighted by Crippen LogP contribution is 2.21. The van der Waals surface area contributed by atoms with Crippen molar-refractivity contribution in [1.82, 2.24) is 4.90 Å². The van der Waals surface area contributed by atoms with E-state index in [9.17, 15) is 0 Å². The summed E-state index contributed by atoms with van der Waals surface area (Å²) in [5.74, 6) is 0. The van der Waals surface area contributed by atoms with Crippen molar-refractivity contribution in [2.45, 2.75) is 73.0 Å². The minimum Gasteiger partial charge on any atom is -0.374 e. The maximum Gasteiger partial charge on any atom is 0.500 e. The molecule has 1 aromatic rings. The molecule has 198 valence electrons. The number of rotatable bonds is 22. The maximum absolute atomic E-state index is 6.05. The quantitative estimate of drug-likeness (QED) is 0.193. The Morgan fingerprint density at radius 3 is 1.24 bits per heavy atom. The first kappa shape index (κ1) is 31.4. The number of benzene rings is 1. The van der Waals surface area contributed by atoms with Crippen LogP contribution in [0.25, 0.3) is 0 Å². The van der Waals surface area contributed by atoms with Gasteiger partial charge in [-0.05, 0) is 73.0 Å². The third kappa shape index (κ3) is 11.9. The van der Waals surface area contributed by atoms with Gasteiger partial charge in [0.2, 0.25) is 0 Å². The van der Waals surface area contributed by atoms with Crippen LogP contribution in [0.5, 0.6) is 0 Å². The average molecular weight is 516 g/mol. The van der Waals surface area contributed by atoms with Gasteiger partial charge in [-0.2, -0.15) is 0 Å². The normalized spacial score (nSPS) is 12.6. The van der Waals surface area contributed by atoms with E-state index in [4.69, 9.17) is 26.6 Å². The highest BCUT2D eigenvalue weighted by molar-refractivity contribution is 6.61. The molecule has 0 N–H and O–H groups in total. The van der Waals surface area contributed by atoms with Gasteiger partial charge in [0.15, 0.2) is 0 Å². The molecule has 34 heavy (non-hydrogen) atoms. The van der Waals surface area contributed by atoms with Gasteiger partial charge in [0.05, 0.1) is 0 Å². The van der Waals surface area contributed by atoms with Crippen LogP contribution in [0.4, 0.5) is 0 Å². The fraction of sp³-hybridized carbons (Fsp3) is 0.760. The number of hydrogen-bond donors (Lipinski definition) is 0. The lowest BCUT2D eigenvalue weighted by atomic mass is 10.2. The van der Waals surface area contributed by atoms with Gasteiger partial charge in [-0.15, -0.1) is 0 Å². The molecule has 0 heterocycles. The van der Waals surface area contributed by atoms with Gasteiger partial charge in [0, 0.05) is 58.3 Å². The van der Waals surface area contributed by atoms with Crippen molar-refractivity contribution in [1.29, 1.82) is 0 Å². The molecule has 0 aliphatic heterocycles. The van der Waals surface area contributed by atoms with Gasteiger partial charge < -0.3 is 26.6 Å². The largest absolute Gasteiger partial charge is 0.500 e. The first-order valence-electron chi connectivity index (χ1n) is 13.1. The predicted molar refractivity (Wildman–Crippen MR) is 142 cm³/mol. The van der Waals surface area contributed by atoms with Crippen molar-refractivity contribution in [3.05, 3.63) is 35.9 Å². The topological polar surface area (TPSA) is 58.6 Å². The molecular formula is C25H49NO6Si2. The predicted octanol–water partition coefficient (Wildman–Crippen LogP) is 5.37. The van der Waals surface area contributed by atoms with Gasteiger partial charge >= 0.3 is 17.6 Å². The summed E-state index contributed by atoms with van der Waals surface area (Å²) in [7, 11) is -5.26. The van der Waals surface area contributed by atoms with E-state index in [1.54, 1.807) is 0 Å². The molecule has 0 aliphatic carbocycles. The third-order valence-corrected chi connectivity index (χ3v) is 11.7. The average Bonchev–Trinajstić information content (AvgIpc) is 2.81. The van der Waals surface area contributed by atoms with E-state index in [-0.39, 0.29) is 0 Å². The standard InChI is InChI=1S/C25H49NO6Si2/c1-7-27-33(28-8-2,29-9-3)22-16-20-26(24-25-18-14-13-15-19-25)21-17-23-34(30-10-4,31-11-5)32-12-6/h13-15,18-19H,7-12,16-17,20-24H2,1-6H3. The Morgan fingerprint density at radius 1 is 0.559 bits per heavy atom. The van der Waals surface area contributed by atoms with Crippen LogP contribution < -0.4 is 0 Å². The molecule has 1 rings (SSSR count). The fourth-order valence-electron chi connectivity index (χ4n) is 4.15. The van der Waals surface area contributed by atoms with E-state index in [0.717, 1.165) is 44.6 Å². The summed E-state index contributed by atoms with van der Waals surface area (Å²) in [6.07, 6.45) is 1.92. The second-order valence-corrected chi connectivity index (χ2v) is 13.4. The summed E-state index contributed by atoms with van der Waals surface area (Å²) >= 11 is 0. The molecule has 0 amide bonds. The van der Waals surface area contributed by atoms with E-state index in [2.05, 4.69) is 35.2 Å². The zero-order chi connectivity index (χ0) is 25.1. The Labute approximate surface area is 210 Å². The lowest BCUT2D eigenvalue weighted by Crippen LogP contribution is -2.47. The zero-order valence-corrected chi connectivity index (χ0v) is 24.5. The molecule has 0 radical (unpaired) electrons. The van der Waals surface area contributed by atoms with Crippen molar-refractivity contribution in [3.8, 4) is 0 Å². The number of nitrogens with zero attached hydrogens (tertiary/aromatic N) is 1. The lowest BCUT2D eigenvalue weighted by Gasteiger charge is -2.31. The molecule has 0 unspecified atom stereocenters. The first-order valence-corrected chi connectivity index (χ1v) is 17.0. The minimum atomic E-state index is -2.63. The highest BCUT2D eigenvalue weighted by atomic mass is 28.4. The Balaban J connectivity index is 2.82. The van der Waals surface area contributed by atoms with Gasteiger partial charge in [-0.25, -0.2) is 0 Å². The van der Waals surface area contributed by atoms with Gasteiger partial charge in [-0.1, -0.05) is 30.3 Å². The molecule has 0 saturated heterocycles. The third-order valence-electron chi connectivity index (χ3n) is 5.35. The molecule has 0 atom stereocenters. The Bertz CT molecular complexity index is 544. The molecule has 0 fully saturated rings. The monoisotopic (exact) mass is 515 g/mol. The van der Waals surface area contributed by atoms with Crippen LogP contribution in [0.3, 0.4) is 0 Å². The fourth-order valence-corrected chi connectivity index (χ4v) is 9.34. The van der Waals surface area contributed by atoms with Crippen LogP contribution in [0.2, 0.25) is 12.1 Å². The molecule has 1 aromatic carbocycles. The van der Waals surface area contributed by atoms with Crippen LogP contribution in [-0.2, 0) is 33.1 Å². The van der Waals surface area contributed by atoms with E-state index >= 15 is 0 Å². The Hall–Kier alpha value is -0.626. The molecular weight excluding hydrogens is 466 g/mol. The Morgan fingerprint density at radius 2 is 0.912 bits per heavy atom. The molecule has 7 nitrogen and oxygen atoms in total. The van der Waals surface area contributed by atoms with E-state index in [0.29, 0.717) is 39.6 Å². The summed E-state index contributed by atoms with van der Waals surface area (Å²) in [5.41, 5.74) is 1.31. The van der Waals surface area contributed by atoms with Crippen molar-refractivity contribution in [3.63, 3.8) is 0 Å². The Kier molecular flexibility index (Phi) is 17.2. The van der Waals surface area contributed by atoms with Crippen LogP contribution in [-0.4, -0.2) is 75.2 Å². The number of hydrogen-bond acceptors (Lipinski definition) is 7. The highest BCUT2D eigenvalue weighted by Gasteiger charge is 2.41. The minimum absolute atomic E-state index is 0.610. The van der Waals surface area contributed by atoms with Crippen LogP contribution in [0.15, 0.2) is 30.3 Å². The van der Waals surface area contributed by atoms with Crippen molar-refractivity contribution >= 4 is 17.6 Å². The zero-order valence-electron chi connectivity index (χ0n) is 22.5. The van der Waals surface area contributed by atoms with Crippen molar-refractivity contribution in [2.75, 3.05) is 52.7 Å². The smallest absolute Gasteiger partial charge is 0.374 e. The summed E-state index contributed by atoms with van der Waals surface area (Å²) in [5, 5.41) is 0. The summed E-state index contributed by atoms with van der Waals surface area (Å²) < 4.78 is 36.3. The van der Waals surface area contributed by atoms with Crippen LogP contribution in [0.1, 0.15) is 59.9 Å². The molecule has 0 aromatic heterocycles. The lowest BCUT2D eigenvalue weighted by molar-refractivity contribution is 0.0691. The van der Waals surface area contributed by atoms with E-state index in [1.807, 2.05) is 41.5 Å². The van der Waals surface area contributed by atoms with E-state index in [1.165, 1.54) is 5.56 Å². The van der Waals surface area contributed by atoms with Crippen LogP contribution in [0, 0.1) is 0 Å². The second-order valence-electron chi connectivity index (χ2n) is 7.93. The molecule has 0 saturated carbocycles. The van der Waals surface area contributed by atoms with Crippen LogP contribution >= 0.6 is 0 Å². The van der Waals surface area contributed by atoms with Gasteiger partial charge in [-0.3, -0.25) is 4.90 Å². The van der Waals surface area contributed by atoms with Gasteiger partial charge in [0.25, 0.3) is 0 Å². The molecule has 9 heteroatoms. The summed E-state index contributed by atoms with van der Waals surface area (Å²) in [6, 6.07) is 12.3.